The average Bonchev–Trinajstić information content (AvgIpc) is 2.77. The molecule has 0 radical (unpaired) electrons. The highest BCUT2D eigenvalue weighted by Gasteiger charge is 2.47. The molecule has 0 saturated carbocycles. The number of carbonyl (C=O) groups excluding carboxylic acids is 2. The van der Waals surface area contributed by atoms with Crippen molar-refractivity contribution < 1.29 is 19.1 Å². The summed E-state index contributed by atoms with van der Waals surface area (Å²) in [4.78, 5) is 25.0. The van der Waals surface area contributed by atoms with E-state index in [-0.39, 0.29) is 23.9 Å². The first kappa shape index (κ1) is 12.4. The minimum absolute atomic E-state index is 0.0137. The summed E-state index contributed by atoms with van der Waals surface area (Å²) in [7, 11) is 0. The molecule has 1 amide bonds. The topological polar surface area (TPSA) is 55.8 Å². The van der Waals surface area contributed by atoms with Crippen LogP contribution in [0.1, 0.15) is 27.2 Å². The van der Waals surface area contributed by atoms with E-state index >= 15 is 0 Å². The van der Waals surface area contributed by atoms with Gasteiger partial charge in [0.2, 0.25) is 0 Å². The molecular formula is C12H19NO4. The van der Waals surface area contributed by atoms with Crippen molar-refractivity contribution in [1.29, 1.82) is 0 Å². The van der Waals surface area contributed by atoms with Crippen LogP contribution in [0.5, 0.6) is 0 Å². The lowest BCUT2D eigenvalue weighted by atomic mass is 9.99. The Balaban J connectivity index is 1.94. The Morgan fingerprint density at radius 2 is 2.24 bits per heavy atom. The van der Waals surface area contributed by atoms with Crippen LogP contribution >= 0.6 is 0 Å². The highest BCUT2D eigenvalue weighted by atomic mass is 16.6. The number of nitrogens with zero attached hydrogens (tertiary/aromatic N) is 1. The van der Waals surface area contributed by atoms with Crippen LogP contribution < -0.4 is 0 Å². The lowest BCUT2D eigenvalue weighted by Crippen LogP contribution is -2.42. The van der Waals surface area contributed by atoms with E-state index in [1.807, 2.05) is 20.8 Å². The van der Waals surface area contributed by atoms with Crippen LogP contribution in [0.15, 0.2) is 0 Å². The molecule has 0 N–H and O–H groups in total. The summed E-state index contributed by atoms with van der Waals surface area (Å²) in [5.74, 6) is -0.0137. The van der Waals surface area contributed by atoms with Gasteiger partial charge in [0.15, 0.2) is 5.78 Å². The molecule has 5 nitrogen and oxygen atoms in total. The Morgan fingerprint density at radius 3 is 2.88 bits per heavy atom. The number of ketones is 1. The van der Waals surface area contributed by atoms with E-state index in [1.165, 1.54) is 4.90 Å². The van der Waals surface area contributed by atoms with Gasteiger partial charge in [-0.1, -0.05) is 20.8 Å². The van der Waals surface area contributed by atoms with Crippen molar-refractivity contribution in [3.8, 4) is 0 Å². The fourth-order valence-electron chi connectivity index (χ4n) is 2.16. The molecule has 2 aliphatic heterocycles. The van der Waals surface area contributed by atoms with Crippen molar-refractivity contribution >= 4 is 11.9 Å². The molecule has 0 aromatic carbocycles. The summed E-state index contributed by atoms with van der Waals surface area (Å²) in [5.41, 5.74) is -0.0645. The standard InChI is InChI=1S/C12H19NO4/c1-12(2,3)7-17-11(15)13-5-4-9-10(13)8(14)6-16-9/h9-10H,4-7H2,1-3H3/t9-,10-/m1/s1. The summed E-state index contributed by atoms with van der Waals surface area (Å²) < 4.78 is 10.5. The smallest absolute Gasteiger partial charge is 0.410 e. The maximum absolute atomic E-state index is 11.9. The molecule has 0 bridgehead atoms. The van der Waals surface area contributed by atoms with E-state index in [2.05, 4.69) is 0 Å². The molecule has 2 rings (SSSR count). The quantitative estimate of drug-likeness (QED) is 0.692. The van der Waals surface area contributed by atoms with Crippen molar-refractivity contribution in [3.63, 3.8) is 0 Å². The summed E-state index contributed by atoms with van der Waals surface area (Å²) >= 11 is 0. The Labute approximate surface area is 101 Å². The second-order valence-electron chi connectivity index (χ2n) is 5.86. The second-order valence-corrected chi connectivity index (χ2v) is 5.86. The van der Waals surface area contributed by atoms with Crippen LogP contribution in [0, 0.1) is 5.41 Å². The fourth-order valence-corrected chi connectivity index (χ4v) is 2.16. The number of amides is 1. The zero-order valence-corrected chi connectivity index (χ0v) is 10.6. The van der Waals surface area contributed by atoms with E-state index in [9.17, 15) is 9.59 Å². The Hall–Kier alpha value is -1.10. The maximum atomic E-state index is 11.9. The molecule has 2 saturated heterocycles. The van der Waals surface area contributed by atoms with Crippen LogP contribution in [0.2, 0.25) is 0 Å². The molecule has 0 aliphatic carbocycles. The number of fused-ring (bicyclic) bond motifs is 1. The second kappa shape index (κ2) is 4.29. The first-order valence-corrected chi connectivity index (χ1v) is 5.96. The Bertz CT molecular complexity index is 334. The summed E-state index contributed by atoms with van der Waals surface area (Å²) in [6.45, 7) is 7.02. The number of carbonyl (C=O) groups is 2. The molecule has 2 atom stereocenters. The number of rotatable bonds is 1. The van der Waals surface area contributed by atoms with Crippen molar-refractivity contribution in [3.05, 3.63) is 0 Å². The molecule has 96 valence electrons. The van der Waals surface area contributed by atoms with Gasteiger partial charge in [-0.3, -0.25) is 9.69 Å². The zero-order valence-electron chi connectivity index (χ0n) is 10.6. The highest BCUT2D eigenvalue weighted by Crippen LogP contribution is 2.27. The van der Waals surface area contributed by atoms with Gasteiger partial charge in [0, 0.05) is 6.54 Å². The molecule has 17 heavy (non-hydrogen) atoms. The average molecular weight is 241 g/mol. The predicted molar refractivity (Wildman–Crippen MR) is 60.7 cm³/mol. The van der Waals surface area contributed by atoms with Crippen LogP contribution in [0.4, 0.5) is 4.79 Å². The number of hydrogen-bond donors (Lipinski definition) is 0. The fraction of sp³-hybridized carbons (Fsp3) is 0.833. The molecule has 0 aromatic heterocycles. The van der Waals surface area contributed by atoms with E-state index < -0.39 is 12.1 Å². The minimum atomic E-state index is -0.414. The molecule has 2 fully saturated rings. The van der Waals surface area contributed by atoms with Gasteiger partial charge in [-0.25, -0.2) is 4.79 Å². The van der Waals surface area contributed by atoms with Gasteiger partial charge in [0.05, 0.1) is 12.7 Å². The van der Waals surface area contributed by atoms with E-state index in [0.717, 1.165) is 6.42 Å². The molecule has 2 heterocycles. The van der Waals surface area contributed by atoms with Crippen molar-refractivity contribution in [2.45, 2.75) is 39.3 Å². The number of Topliss-reactive ketones (excluding diaryl/α,β-unsaturated/α-hetero) is 1. The monoisotopic (exact) mass is 241 g/mol. The normalized spacial score (nSPS) is 28.4. The third kappa shape index (κ3) is 2.60. The summed E-state index contributed by atoms with van der Waals surface area (Å²) in [5, 5.41) is 0. The zero-order chi connectivity index (χ0) is 12.6. The number of likely N-dealkylation sites (tertiary alicyclic amines) is 1. The van der Waals surface area contributed by atoms with Crippen molar-refractivity contribution in [1.82, 2.24) is 4.90 Å². The van der Waals surface area contributed by atoms with Crippen molar-refractivity contribution in [2.75, 3.05) is 19.8 Å². The van der Waals surface area contributed by atoms with Gasteiger partial charge in [-0.05, 0) is 11.8 Å². The Morgan fingerprint density at radius 1 is 1.53 bits per heavy atom. The van der Waals surface area contributed by atoms with Crippen LogP contribution in [0.25, 0.3) is 0 Å². The third-order valence-electron chi connectivity index (χ3n) is 2.98. The predicted octanol–water partition coefficient (Wildman–Crippen LogP) is 1.21. The van der Waals surface area contributed by atoms with Gasteiger partial charge in [-0.15, -0.1) is 0 Å². The van der Waals surface area contributed by atoms with E-state index in [1.54, 1.807) is 0 Å². The lowest BCUT2D eigenvalue weighted by molar-refractivity contribution is -0.121. The Kier molecular flexibility index (Phi) is 3.12. The molecule has 5 heteroatoms. The minimum Gasteiger partial charge on any atom is -0.449 e. The van der Waals surface area contributed by atoms with Gasteiger partial charge in [0.1, 0.15) is 12.6 Å². The number of hydrogen-bond acceptors (Lipinski definition) is 4. The SMILES string of the molecule is CC(C)(C)COC(=O)N1CC[C@H]2OCC(=O)[C@H]21. The van der Waals surface area contributed by atoms with Crippen LogP contribution in [-0.4, -0.2) is 48.7 Å². The van der Waals surface area contributed by atoms with Crippen LogP contribution in [-0.2, 0) is 14.3 Å². The molecular weight excluding hydrogens is 222 g/mol. The first-order valence-electron chi connectivity index (χ1n) is 5.96. The van der Waals surface area contributed by atoms with Gasteiger partial charge in [0.25, 0.3) is 0 Å². The van der Waals surface area contributed by atoms with E-state index in [4.69, 9.17) is 9.47 Å². The lowest BCUT2D eigenvalue weighted by Gasteiger charge is -2.24. The largest absolute Gasteiger partial charge is 0.449 e. The third-order valence-corrected chi connectivity index (χ3v) is 2.98. The molecule has 0 unspecified atom stereocenters. The first-order chi connectivity index (χ1) is 7.88. The highest BCUT2D eigenvalue weighted by molar-refractivity contribution is 5.91. The van der Waals surface area contributed by atoms with Gasteiger partial charge < -0.3 is 9.47 Å². The molecule has 2 aliphatic rings. The molecule has 0 spiro atoms. The van der Waals surface area contributed by atoms with Crippen LogP contribution in [0.3, 0.4) is 0 Å². The maximum Gasteiger partial charge on any atom is 0.410 e. The summed E-state index contributed by atoms with van der Waals surface area (Å²) in [6.07, 6.45) is 0.206. The molecule has 0 aromatic rings. The van der Waals surface area contributed by atoms with Gasteiger partial charge >= 0.3 is 6.09 Å². The van der Waals surface area contributed by atoms with Gasteiger partial charge in [-0.2, -0.15) is 0 Å². The van der Waals surface area contributed by atoms with E-state index in [0.29, 0.717) is 13.2 Å². The van der Waals surface area contributed by atoms with Crippen molar-refractivity contribution in [2.24, 2.45) is 5.41 Å². The number of ether oxygens (including phenoxy) is 2. The summed E-state index contributed by atoms with van der Waals surface area (Å²) in [6, 6.07) is -0.414.